The number of hydrogen-bond acceptors (Lipinski definition) is 6. The highest BCUT2D eigenvalue weighted by molar-refractivity contribution is 7.13. The average molecular weight is 439 g/mol. The second kappa shape index (κ2) is 9.80. The number of benzene rings is 2. The van der Waals surface area contributed by atoms with Gasteiger partial charge in [-0.15, -0.1) is 11.3 Å². The van der Waals surface area contributed by atoms with Crippen molar-refractivity contribution >= 4 is 23.1 Å². The number of urea groups is 1. The fraction of sp³-hybridized carbons (Fsp3) is 0.304. The fourth-order valence-corrected chi connectivity index (χ4v) is 4.34. The average Bonchev–Trinajstić information content (AvgIpc) is 3.28. The Morgan fingerprint density at radius 2 is 1.77 bits per heavy atom. The molecular weight excluding hydrogens is 412 g/mol. The van der Waals surface area contributed by atoms with Crippen LogP contribution in [0.3, 0.4) is 0 Å². The molecule has 4 rings (SSSR count). The summed E-state index contributed by atoms with van der Waals surface area (Å²) in [6.45, 7) is 3.77. The van der Waals surface area contributed by atoms with E-state index in [0.29, 0.717) is 24.5 Å². The van der Waals surface area contributed by atoms with E-state index in [4.69, 9.17) is 14.5 Å². The number of para-hydroxylation sites is 2. The van der Waals surface area contributed by atoms with Crippen molar-refractivity contribution < 1.29 is 14.3 Å². The number of ether oxygens (including phenoxy) is 2. The van der Waals surface area contributed by atoms with E-state index in [1.165, 1.54) is 0 Å². The number of methoxy groups -OCH3 is 2. The summed E-state index contributed by atoms with van der Waals surface area (Å²) in [7, 11) is 3.26. The predicted octanol–water partition coefficient (Wildman–Crippen LogP) is 4.18. The van der Waals surface area contributed by atoms with Gasteiger partial charge in [-0.2, -0.15) is 0 Å². The maximum absolute atomic E-state index is 12.6. The number of thiazole rings is 1. The van der Waals surface area contributed by atoms with E-state index < -0.39 is 0 Å². The predicted molar refractivity (Wildman–Crippen MR) is 123 cm³/mol. The molecule has 8 heteroatoms. The van der Waals surface area contributed by atoms with E-state index in [-0.39, 0.29) is 6.03 Å². The lowest BCUT2D eigenvalue weighted by Gasteiger charge is -2.34. The molecule has 1 aliphatic rings. The topological polar surface area (TPSA) is 66.9 Å². The van der Waals surface area contributed by atoms with Crippen molar-refractivity contribution in [3.8, 4) is 22.1 Å². The molecule has 31 heavy (non-hydrogen) atoms. The Morgan fingerprint density at radius 3 is 2.48 bits per heavy atom. The fourth-order valence-electron chi connectivity index (χ4n) is 3.53. The number of carbonyl (C=O) groups excluding carboxylic acids is 1. The monoisotopic (exact) mass is 438 g/mol. The van der Waals surface area contributed by atoms with Crippen molar-refractivity contribution in [3.05, 3.63) is 59.6 Å². The molecule has 0 unspecified atom stereocenters. The second-order valence-corrected chi connectivity index (χ2v) is 8.12. The van der Waals surface area contributed by atoms with Gasteiger partial charge in [-0.25, -0.2) is 9.78 Å². The molecule has 3 aromatic rings. The second-order valence-electron chi connectivity index (χ2n) is 7.27. The summed E-state index contributed by atoms with van der Waals surface area (Å²) in [6, 6.07) is 15.3. The summed E-state index contributed by atoms with van der Waals surface area (Å²) in [5, 5.41) is 6.07. The minimum Gasteiger partial charge on any atom is -0.497 e. The zero-order valence-electron chi connectivity index (χ0n) is 17.7. The molecule has 2 aromatic carbocycles. The number of rotatable bonds is 6. The van der Waals surface area contributed by atoms with E-state index in [2.05, 4.69) is 15.6 Å². The van der Waals surface area contributed by atoms with Crippen LogP contribution < -0.4 is 14.8 Å². The van der Waals surface area contributed by atoms with Gasteiger partial charge in [0.1, 0.15) is 16.5 Å². The van der Waals surface area contributed by atoms with Gasteiger partial charge >= 0.3 is 6.03 Å². The molecule has 2 heterocycles. The van der Waals surface area contributed by atoms with Crippen LogP contribution in [0.15, 0.2) is 53.9 Å². The highest BCUT2D eigenvalue weighted by Crippen LogP contribution is 2.27. The molecule has 1 N–H and O–H groups in total. The van der Waals surface area contributed by atoms with Crippen molar-refractivity contribution in [2.75, 3.05) is 45.7 Å². The van der Waals surface area contributed by atoms with E-state index in [1.54, 1.807) is 25.6 Å². The van der Waals surface area contributed by atoms with Crippen LogP contribution in [0.2, 0.25) is 0 Å². The lowest BCUT2D eigenvalue weighted by molar-refractivity contribution is 0.142. The maximum Gasteiger partial charge on any atom is 0.322 e. The lowest BCUT2D eigenvalue weighted by Crippen LogP contribution is -2.49. The van der Waals surface area contributed by atoms with Gasteiger partial charge in [0, 0.05) is 43.7 Å². The molecule has 0 bridgehead atoms. The van der Waals surface area contributed by atoms with E-state index in [0.717, 1.165) is 41.6 Å². The SMILES string of the molecule is COc1ccc(-c2nc(CN3CCN(C(=O)Nc4ccccc4OC)CC3)cs2)cc1. The number of anilines is 1. The van der Waals surface area contributed by atoms with Crippen LogP contribution in [0.1, 0.15) is 5.69 Å². The van der Waals surface area contributed by atoms with Crippen LogP contribution in [0.25, 0.3) is 10.6 Å². The van der Waals surface area contributed by atoms with Gasteiger partial charge in [-0.3, -0.25) is 4.90 Å². The third kappa shape index (κ3) is 5.15. The summed E-state index contributed by atoms with van der Waals surface area (Å²) in [6.07, 6.45) is 0. The Balaban J connectivity index is 1.29. The first-order valence-corrected chi connectivity index (χ1v) is 11.0. The zero-order valence-corrected chi connectivity index (χ0v) is 18.5. The van der Waals surface area contributed by atoms with Crippen LogP contribution in [-0.4, -0.2) is 61.2 Å². The van der Waals surface area contributed by atoms with Crippen molar-refractivity contribution in [2.24, 2.45) is 0 Å². The first-order chi connectivity index (χ1) is 15.2. The number of amides is 2. The molecule has 2 amide bonds. The molecule has 1 saturated heterocycles. The quantitative estimate of drug-likeness (QED) is 0.626. The Bertz CT molecular complexity index is 1010. The first-order valence-electron chi connectivity index (χ1n) is 10.2. The van der Waals surface area contributed by atoms with Gasteiger partial charge in [0.25, 0.3) is 0 Å². The summed E-state index contributed by atoms with van der Waals surface area (Å²) >= 11 is 1.65. The molecule has 0 radical (unpaired) electrons. The Kier molecular flexibility index (Phi) is 6.69. The first kappa shape index (κ1) is 21.1. The van der Waals surface area contributed by atoms with Crippen molar-refractivity contribution in [2.45, 2.75) is 6.54 Å². The van der Waals surface area contributed by atoms with Crippen LogP contribution in [0.5, 0.6) is 11.5 Å². The number of carbonyl (C=O) groups is 1. The number of piperazine rings is 1. The highest BCUT2D eigenvalue weighted by atomic mass is 32.1. The minimum absolute atomic E-state index is 0.0976. The highest BCUT2D eigenvalue weighted by Gasteiger charge is 2.22. The van der Waals surface area contributed by atoms with E-state index in [1.807, 2.05) is 53.4 Å². The van der Waals surface area contributed by atoms with Crippen LogP contribution in [0.4, 0.5) is 10.5 Å². The molecule has 0 atom stereocenters. The molecule has 1 fully saturated rings. The number of aromatic nitrogens is 1. The Labute approximate surface area is 186 Å². The lowest BCUT2D eigenvalue weighted by atomic mass is 10.2. The number of hydrogen-bond donors (Lipinski definition) is 1. The van der Waals surface area contributed by atoms with Crippen molar-refractivity contribution in [3.63, 3.8) is 0 Å². The van der Waals surface area contributed by atoms with Gasteiger partial charge in [-0.1, -0.05) is 12.1 Å². The molecule has 1 aliphatic heterocycles. The molecule has 162 valence electrons. The zero-order chi connectivity index (χ0) is 21.6. The van der Waals surface area contributed by atoms with Gasteiger partial charge < -0.3 is 19.7 Å². The molecule has 0 aliphatic carbocycles. The summed E-state index contributed by atoms with van der Waals surface area (Å²) in [5.74, 6) is 1.50. The molecule has 0 spiro atoms. The van der Waals surface area contributed by atoms with Crippen LogP contribution in [0, 0.1) is 0 Å². The third-order valence-electron chi connectivity index (χ3n) is 5.28. The smallest absolute Gasteiger partial charge is 0.322 e. The van der Waals surface area contributed by atoms with E-state index in [9.17, 15) is 4.79 Å². The summed E-state index contributed by atoms with van der Waals surface area (Å²) < 4.78 is 10.5. The van der Waals surface area contributed by atoms with Crippen LogP contribution in [-0.2, 0) is 6.54 Å². The standard InChI is InChI=1S/C23H26N4O3S/c1-29-19-9-7-17(8-10-19)22-24-18(16-31-22)15-26-11-13-27(14-12-26)23(28)25-20-5-3-4-6-21(20)30-2/h3-10,16H,11-15H2,1-2H3,(H,25,28). The Morgan fingerprint density at radius 1 is 1.03 bits per heavy atom. The van der Waals surface area contributed by atoms with Crippen molar-refractivity contribution in [1.82, 2.24) is 14.8 Å². The molecule has 7 nitrogen and oxygen atoms in total. The van der Waals surface area contributed by atoms with Gasteiger partial charge in [0.2, 0.25) is 0 Å². The molecule has 1 aromatic heterocycles. The van der Waals surface area contributed by atoms with Crippen LogP contribution >= 0.6 is 11.3 Å². The van der Waals surface area contributed by atoms with Gasteiger partial charge in [0.15, 0.2) is 0 Å². The van der Waals surface area contributed by atoms with Gasteiger partial charge in [0.05, 0.1) is 25.6 Å². The number of nitrogens with one attached hydrogen (secondary N) is 1. The normalized spacial score (nSPS) is 14.3. The number of nitrogens with zero attached hydrogens (tertiary/aromatic N) is 3. The van der Waals surface area contributed by atoms with Crippen molar-refractivity contribution in [1.29, 1.82) is 0 Å². The summed E-state index contributed by atoms with van der Waals surface area (Å²) in [4.78, 5) is 21.6. The summed E-state index contributed by atoms with van der Waals surface area (Å²) in [5.41, 5.74) is 2.84. The van der Waals surface area contributed by atoms with Gasteiger partial charge in [-0.05, 0) is 36.4 Å². The Hall–Kier alpha value is -3.10. The minimum atomic E-state index is -0.0976. The van der Waals surface area contributed by atoms with E-state index >= 15 is 0 Å². The maximum atomic E-state index is 12.6. The largest absolute Gasteiger partial charge is 0.497 e. The third-order valence-corrected chi connectivity index (χ3v) is 6.22. The molecular formula is C23H26N4O3S. The molecule has 0 saturated carbocycles.